The summed E-state index contributed by atoms with van der Waals surface area (Å²) >= 11 is 0. The molecular weight excluding hydrogens is 345 g/mol. The highest BCUT2D eigenvalue weighted by molar-refractivity contribution is 6.06. The highest BCUT2D eigenvalue weighted by Gasteiger charge is 2.26. The van der Waals surface area contributed by atoms with Gasteiger partial charge in [0, 0.05) is 30.9 Å². The van der Waals surface area contributed by atoms with Gasteiger partial charge in [-0.25, -0.2) is 4.39 Å². The zero-order valence-corrected chi connectivity index (χ0v) is 14.9. The van der Waals surface area contributed by atoms with E-state index < -0.39 is 5.82 Å². The fourth-order valence-corrected chi connectivity index (χ4v) is 2.99. The summed E-state index contributed by atoms with van der Waals surface area (Å²) in [5, 5.41) is 0. The maximum atomic E-state index is 13.3. The molecular formula is C21H22FN3O2. The fourth-order valence-electron chi connectivity index (χ4n) is 2.99. The maximum Gasteiger partial charge on any atom is 0.251 e. The van der Waals surface area contributed by atoms with Crippen LogP contribution in [-0.4, -0.2) is 42.4 Å². The average Bonchev–Trinajstić information content (AvgIpc) is 3.12. The lowest BCUT2D eigenvalue weighted by Gasteiger charge is -2.24. The van der Waals surface area contributed by atoms with Crippen molar-refractivity contribution in [2.24, 2.45) is 5.73 Å². The van der Waals surface area contributed by atoms with Gasteiger partial charge in [-0.15, -0.1) is 0 Å². The number of rotatable bonds is 5. The van der Waals surface area contributed by atoms with E-state index in [1.165, 1.54) is 35.2 Å². The Hall–Kier alpha value is -2.99. The number of carbonyl (C=O) groups is 2. The summed E-state index contributed by atoms with van der Waals surface area (Å²) in [6, 6.07) is 14.9. The molecule has 1 aliphatic heterocycles. The van der Waals surface area contributed by atoms with E-state index >= 15 is 0 Å². The Morgan fingerprint density at radius 2 is 1.85 bits per heavy atom. The Morgan fingerprint density at radius 3 is 2.48 bits per heavy atom. The lowest BCUT2D eigenvalue weighted by atomic mass is 10.2. The van der Waals surface area contributed by atoms with Crippen molar-refractivity contribution in [1.29, 1.82) is 0 Å². The van der Waals surface area contributed by atoms with Crippen LogP contribution in [0.25, 0.3) is 6.08 Å². The summed E-state index contributed by atoms with van der Waals surface area (Å²) in [4.78, 5) is 28.4. The number of halogens is 1. The van der Waals surface area contributed by atoms with Gasteiger partial charge in [-0.3, -0.25) is 14.5 Å². The number of hydrogen-bond acceptors (Lipinski definition) is 3. The lowest BCUT2D eigenvalue weighted by Crippen LogP contribution is -2.42. The highest BCUT2D eigenvalue weighted by Crippen LogP contribution is 2.17. The first kappa shape index (κ1) is 18.8. The van der Waals surface area contributed by atoms with Gasteiger partial charge in [-0.1, -0.05) is 30.3 Å². The Bertz CT molecular complexity index is 821. The third-order valence-corrected chi connectivity index (χ3v) is 4.49. The van der Waals surface area contributed by atoms with Crippen LogP contribution >= 0.6 is 0 Å². The van der Waals surface area contributed by atoms with Crippen molar-refractivity contribution in [3.8, 4) is 0 Å². The Labute approximate surface area is 157 Å². The van der Waals surface area contributed by atoms with Crippen LogP contribution in [0.4, 0.5) is 10.1 Å². The molecule has 1 saturated heterocycles. The normalized spacial score (nSPS) is 16.7. The number of carbonyl (C=O) groups excluding carboxylic acids is 2. The van der Waals surface area contributed by atoms with Crippen molar-refractivity contribution in [1.82, 2.24) is 4.90 Å². The van der Waals surface area contributed by atoms with Crippen molar-refractivity contribution >= 4 is 23.6 Å². The molecule has 27 heavy (non-hydrogen) atoms. The third-order valence-electron chi connectivity index (χ3n) is 4.49. The molecule has 6 heteroatoms. The molecule has 140 valence electrons. The molecule has 3 rings (SSSR count). The van der Waals surface area contributed by atoms with Gasteiger partial charge in [0.05, 0.1) is 0 Å². The van der Waals surface area contributed by atoms with Gasteiger partial charge in [0.15, 0.2) is 0 Å². The molecule has 1 atom stereocenters. The molecule has 0 aromatic heterocycles. The second-order valence-corrected chi connectivity index (χ2v) is 6.53. The highest BCUT2D eigenvalue weighted by atomic mass is 19.1. The molecule has 2 aromatic carbocycles. The number of amides is 2. The molecule has 1 unspecified atom stereocenters. The SMILES string of the molecule is NC1CCN(C(=O)CN(C(=O)/C=C/c2ccccc2)c2ccc(F)cc2)C1. The van der Waals surface area contributed by atoms with E-state index in [4.69, 9.17) is 5.73 Å². The number of nitrogens with two attached hydrogens (primary N) is 1. The van der Waals surface area contributed by atoms with Crippen LogP contribution in [0.2, 0.25) is 0 Å². The van der Waals surface area contributed by atoms with Gasteiger partial charge >= 0.3 is 0 Å². The van der Waals surface area contributed by atoms with E-state index in [1.54, 1.807) is 11.0 Å². The molecule has 2 amide bonds. The number of likely N-dealkylation sites (tertiary alicyclic amines) is 1. The molecule has 1 fully saturated rings. The molecule has 2 aromatic rings. The van der Waals surface area contributed by atoms with Crippen LogP contribution < -0.4 is 10.6 Å². The van der Waals surface area contributed by atoms with Crippen LogP contribution in [0.15, 0.2) is 60.7 Å². The minimum absolute atomic E-state index is 0.0260. The van der Waals surface area contributed by atoms with Gasteiger partial charge in [0.25, 0.3) is 5.91 Å². The smallest absolute Gasteiger partial charge is 0.251 e. The predicted molar refractivity (Wildman–Crippen MR) is 103 cm³/mol. The maximum absolute atomic E-state index is 13.3. The van der Waals surface area contributed by atoms with Crippen molar-refractivity contribution in [2.45, 2.75) is 12.5 Å². The van der Waals surface area contributed by atoms with E-state index in [0.29, 0.717) is 18.8 Å². The standard InChI is InChI=1S/C21H22FN3O2/c22-17-7-9-19(10-8-17)25(15-21(27)24-13-12-18(23)14-24)20(26)11-6-16-4-2-1-3-5-16/h1-11,18H,12-15,23H2/b11-6+. The van der Waals surface area contributed by atoms with Crippen molar-refractivity contribution in [3.05, 3.63) is 72.1 Å². The van der Waals surface area contributed by atoms with Gasteiger partial charge in [0.1, 0.15) is 12.4 Å². The summed E-state index contributed by atoms with van der Waals surface area (Å²) in [6.45, 7) is 0.964. The van der Waals surface area contributed by atoms with E-state index in [0.717, 1.165) is 12.0 Å². The second kappa shape index (κ2) is 8.60. The summed E-state index contributed by atoms with van der Waals surface area (Å²) in [5.41, 5.74) is 7.21. The van der Waals surface area contributed by atoms with E-state index in [2.05, 4.69) is 0 Å². The van der Waals surface area contributed by atoms with Crippen LogP contribution in [0, 0.1) is 5.82 Å². The molecule has 2 N–H and O–H groups in total. The van der Waals surface area contributed by atoms with E-state index in [-0.39, 0.29) is 24.4 Å². The van der Waals surface area contributed by atoms with Crippen molar-refractivity contribution < 1.29 is 14.0 Å². The quantitative estimate of drug-likeness (QED) is 0.826. The average molecular weight is 367 g/mol. The van der Waals surface area contributed by atoms with Gasteiger partial charge in [-0.2, -0.15) is 0 Å². The van der Waals surface area contributed by atoms with Gasteiger partial charge in [-0.05, 0) is 42.3 Å². The topological polar surface area (TPSA) is 66.6 Å². The Kier molecular flexibility index (Phi) is 5.98. The van der Waals surface area contributed by atoms with Gasteiger partial charge in [0.2, 0.25) is 5.91 Å². The number of hydrogen-bond donors (Lipinski definition) is 1. The molecule has 0 bridgehead atoms. The number of nitrogens with zero attached hydrogens (tertiary/aromatic N) is 2. The molecule has 0 spiro atoms. The minimum Gasteiger partial charge on any atom is -0.340 e. The van der Waals surface area contributed by atoms with Crippen LogP contribution in [-0.2, 0) is 9.59 Å². The summed E-state index contributed by atoms with van der Waals surface area (Å²) < 4.78 is 13.3. The first-order chi connectivity index (χ1) is 13.0. The largest absolute Gasteiger partial charge is 0.340 e. The second-order valence-electron chi connectivity index (χ2n) is 6.53. The predicted octanol–water partition coefficient (Wildman–Crippen LogP) is 2.43. The third kappa shape index (κ3) is 5.01. The van der Waals surface area contributed by atoms with Crippen molar-refractivity contribution in [3.63, 3.8) is 0 Å². The molecule has 1 aliphatic rings. The molecule has 0 aliphatic carbocycles. The first-order valence-electron chi connectivity index (χ1n) is 8.86. The molecule has 0 radical (unpaired) electrons. The summed E-state index contributed by atoms with van der Waals surface area (Å²) in [5.74, 6) is -0.918. The van der Waals surface area contributed by atoms with Crippen LogP contribution in [0.5, 0.6) is 0 Å². The van der Waals surface area contributed by atoms with E-state index in [9.17, 15) is 14.0 Å². The Balaban J connectivity index is 1.78. The zero-order valence-electron chi connectivity index (χ0n) is 14.9. The first-order valence-corrected chi connectivity index (χ1v) is 8.86. The fraction of sp³-hybridized carbons (Fsp3) is 0.238. The molecule has 1 heterocycles. The van der Waals surface area contributed by atoms with Crippen LogP contribution in [0.1, 0.15) is 12.0 Å². The minimum atomic E-state index is -0.400. The zero-order chi connectivity index (χ0) is 19.2. The van der Waals surface area contributed by atoms with Crippen LogP contribution in [0.3, 0.4) is 0 Å². The molecule has 0 saturated carbocycles. The summed E-state index contributed by atoms with van der Waals surface area (Å²) in [6.07, 6.45) is 3.86. The van der Waals surface area contributed by atoms with E-state index in [1.807, 2.05) is 30.3 Å². The monoisotopic (exact) mass is 367 g/mol. The number of anilines is 1. The van der Waals surface area contributed by atoms with Gasteiger partial charge < -0.3 is 10.6 Å². The lowest BCUT2D eigenvalue weighted by molar-refractivity contribution is -0.130. The van der Waals surface area contributed by atoms with Crippen molar-refractivity contribution in [2.75, 3.05) is 24.5 Å². The Morgan fingerprint density at radius 1 is 1.15 bits per heavy atom. The number of benzene rings is 2. The summed E-state index contributed by atoms with van der Waals surface area (Å²) in [7, 11) is 0. The molecule has 5 nitrogen and oxygen atoms in total.